The van der Waals surface area contributed by atoms with E-state index in [4.69, 9.17) is 9.26 Å². The molecule has 0 N–H and O–H groups in total. The molecular formula is C13H19O4P. The third-order valence-corrected chi connectivity index (χ3v) is 4.60. The summed E-state index contributed by atoms with van der Waals surface area (Å²) in [6.45, 7) is 3.89. The Labute approximate surface area is 108 Å². The second-order valence-corrected chi connectivity index (χ2v) is 6.57. The molecule has 0 saturated heterocycles. The number of rotatable bonds is 6. The van der Waals surface area contributed by atoms with Crippen molar-refractivity contribution in [2.24, 2.45) is 0 Å². The Hall–Kier alpha value is -1.12. The molecule has 0 bridgehead atoms. The summed E-state index contributed by atoms with van der Waals surface area (Å²) in [5, 5.41) is 0.411. The van der Waals surface area contributed by atoms with E-state index in [0.717, 1.165) is 12.8 Å². The maximum Gasteiger partial charge on any atom is 0.338 e. The van der Waals surface area contributed by atoms with Crippen molar-refractivity contribution >= 4 is 18.6 Å². The van der Waals surface area contributed by atoms with Crippen LogP contribution in [0.15, 0.2) is 24.3 Å². The lowest BCUT2D eigenvalue weighted by Crippen LogP contribution is -2.18. The van der Waals surface area contributed by atoms with Gasteiger partial charge in [0.2, 0.25) is 7.37 Å². The first-order valence-corrected chi connectivity index (χ1v) is 8.00. The summed E-state index contributed by atoms with van der Waals surface area (Å²) < 4.78 is 22.3. The average Bonchev–Trinajstić information content (AvgIpc) is 2.39. The van der Waals surface area contributed by atoms with E-state index in [1.807, 2.05) is 6.92 Å². The Morgan fingerprint density at radius 3 is 2.61 bits per heavy atom. The molecule has 0 spiro atoms. The van der Waals surface area contributed by atoms with E-state index in [1.165, 1.54) is 13.8 Å². The quantitative estimate of drug-likeness (QED) is 0.453. The predicted molar refractivity (Wildman–Crippen MR) is 71.8 cm³/mol. The van der Waals surface area contributed by atoms with Crippen LogP contribution >= 0.6 is 7.37 Å². The number of carbonyl (C=O) groups excluding carboxylic acids is 1. The van der Waals surface area contributed by atoms with Crippen molar-refractivity contribution in [2.75, 3.05) is 20.4 Å². The first-order chi connectivity index (χ1) is 8.53. The van der Waals surface area contributed by atoms with Crippen LogP contribution in [0.25, 0.3) is 0 Å². The minimum Gasteiger partial charge on any atom is -0.462 e. The van der Waals surface area contributed by atoms with Crippen molar-refractivity contribution < 1.29 is 18.6 Å². The van der Waals surface area contributed by atoms with Crippen LogP contribution in [0.1, 0.15) is 30.1 Å². The van der Waals surface area contributed by atoms with Gasteiger partial charge in [-0.1, -0.05) is 25.5 Å². The van der Waals surface area contributed by atoms with Crippen LogP contribution in [0.4, 0.5) is 0 Å². The Bertz CT molecular complexity index is 456. The van der Waals surface area contributed by atoms with E-state index < -0.39 is 13.3 Å². The summed E-state index contributed by atoms with van der Waals surface area (Å²) in [6, 6.07) is 6.70. The van der Waals surface area contributed by atoms with Crippen LogP contribution in [0, 0.1) is 0 Å². The lowest BCUT2D eigenvalue weighted by molar-refractivity contribution is 0.0501. The van der Waals surface area contributed by atoms with Crippen LogP contribution < -0.4 is 5.30 Å². The molecular weight excluding hydrogens is 251 g/mol. The minimum atomic E-state index is -2.96. The van der Waals surface area contributed by atoms with Crippen LogP contribution in [-0.4, -0.2) is 26.4 Å². The van der Waals surface area contributed by atoms with Gasteiger partial charge in [-0.15, -0.1) is 0 Å². The summed E-state index contributed by atoms with van der Waals surface area (Å²) >= 11 is 0. The zero-order valence-corrected chi connectivity index (χ0v) is 11.9. The zero-order valence-electron chi connectivity index (χ0n) is 11.0. The lowest BCUT2D eigenvalue weighted by atomic mass is 10.2. The van der Waals surface area contributed by atoms with Gasteiger partial charge in [-0.3, -0.25) is 4.57 Å². The molecule has 5 heteroatoms. The number of hydrogen-bond acceptors (Lipinski definition) is 4. The second kappa shape index (κ2) is 6.72. The van der Waals surface area contributed by atoms with Gasteiger partial charge in [0.1, 0.15) is 0 Å². The van der Waals surface area contributed by atoms with Crippen molar-refractivity contribution in [1.29, 1.82) is 0 Å². The zero-order chi connectivity index (χ0) is 13.6. The Morgan fingerprint density at radius 1 is 1.33 bits per heavy atom. The molecule has 0 aliphatic carbocycles. The molecule has 1 rings (SSSR count). The SMILES string of the molecule is CCCCOC(=O)c1ccccc1P(C)(=O)OC. The van der Waals surface area contributed by atoms with E-state index in [9.17, 15) is 9.36 Å². The van der Waals surface area contributed by atoms with Crippen molar-refractivity contribution in [2.45, 2.75) is 19.8 Å². The largest absolute Gasteiger partial charge is 0.462 e. The van der Waals surface area contributed by atoms with Crippen LogP contribution in [0.3, 0.4) is 0 Å². The molecule has 1 aromatic carbocycles. The number of carbonyl (C=O) groups is 1. The molecule has 1 aromatic rings. The van der Waals surface area contributed by atoms with Gasteiger partial charge >= 0.3 is 5.97 Å². The highest BCUT2D eigenvalue weighted by molar-refractivity contribution is 7.66. The van der Waals surface area contributed by atoms with Gasteiger partial charge in [0, 0.05) is 13.8 Å². The molecule has 0 saturated carbocycles. The highest BCUT2D eigenvalue weighted by Crippen LogP contribution is 2.41. The fraction of sp³-hybridized carbons (Fsp3) is 0.462. The van der Waals surface area contributed by atoms with E-state index >= 15 is 0 Å². The Balaban J connectivity index is 2.95. The smallest absolute Gasteiger partial charge is 0.338 e. The molecule has 1 atom stereocenters. The molecule has 0 amide bonds. The second-order valence-electron chi connectivity index (χ2n) is 4.04. The maximum atomic E-state index is 12.2. The van der Waals surface area contributed by atoms with Crippen molar-refractivity contribution in [1.82, 2.24) is 0 Å². The van der Waals surface area contributed by atoms with Gasteiger partial charge in [0.15, 0.2) is 0 Å². The topological polar surface area (TPSA) is 52.6 Å². The molecule has 1 unspecified atom stereocenters. The van der Waals surface area contributed by atoms with Crippen LogP contribution in [-0.2, 0) is 13.8 Å². The third-order valence-electron chi connectivity index (χ3n) is 2.64. The van der Waals surface area contributed by atoms with Crippen LogP contribution in [0.5, 0.6) is 0 Å². The van der Waals surface area contributed by atoms with Gasteiger partial charge in [0.25, 0.3) is 0 Å². The molecule has 0 radical (unpaired) electrons. The van der Waals surface area contributed by atoms with E-state index in [2.05, 4.69) is 0 Å². The lowest BCUT2D eigenvalue weighted by Gasteiger charge is -2.14. The van der Waals surface area contributed by atoms with Crippen LogP contribution in [0.2, 0.25) is 0 Å². The first-order valence-electron chi connectivity index (χ1n) is 5.93. The van der Waals surface area contributed by atoms with E-state index in [-0.39, 0.29) is 0 Å². The molecule has 0 heterocycles. The van der Waals surface area contributed by atoms with E-state index in [1.54, 1.807) is 24.3 Å². The molecule has 18 heavy (non-hydrogen) atoms. The number of ether oxygens (including phenoxy) is 1. The molecule has 0 aliphatic rings. The monoisotopic (exact) mass is 270 g/mol. The average molecular weight is 270 g/mol. The van der Waals surface area contributed by atoms with Gasteiger partial charge in [-0.05, 0) is 18.6 Å². The number of esters is 1. The molecule has 4 nitrogen and oxygen atoms in total. The fourth-order valence-corrected chi connectivity index (χ4v) is 2.64. The summed E-state index contributed by atoms with van der Waals surface area (Å²) in [6.07, 6.45) is 1.78. The Morgan fingerprint density at radius 2 is 2.00 bits per heavy atom. The van der Waals surface area contributed by atoms with Gasteiger partial charge in [-0.2, -0.15) is 0 Å². The molecule has 100 valence electrons. The van der Waals surface area contributed by atoms with Gasteiger partial charge in [-0.25, -0.2) is 4.79 Å². The highest BCUT2D eigenvalue weighted by Gasteiger charge is 2.24. The summed E-state index contributed by atoms with van der Waals surface area (Å²) in [4.78, 5) is 11.9. The minimum absolute atomic E-state index is 0.321. The molecule has 0 fully saturated rings. The van der Waals surface area contributed by atoms with Crippen molar-refractivity contribution in [3.8, 4) is 0 Å². The predicted octanol–water partition coefficient (Wildman–Crippen LogP) is 2.82. The van der Waals surface area contributed by atoms with Gasteiger partial charge < -0.3 is 9.26 Å². The summed E-state index contributed by atoms with van der Waals surface area (Å²) in [5.41, 5.74) is 0.321. The summed E-state index contributed by atoms with van der Waals surface area (Å²) in [5.74, 6) is -0.446. The Kier molecular flexibility index (Phi) is 5.57. The number of unbranched alkanes of at least 4 members (excludes halogenated alkanes) is 1. The molecule has 0 aromatic heterocycles. The number of hydrogen-bond donors (Lipinski definition) is 0. The first kappa shape index (κ1) is 14.9. The summed E-state index contributed by atoms with van der Waals surface area (Å²) in [7, 11) is -1.58. The van der Waals surface area contributed by atoms with Gasteiger partial charge in [0.05, 0.1) is 17.5 Å². The highest BCUT2D eigenvalue weighted by atomic mass is 31.2. The van der Waals surface area contributed by atoms with Crippen molar-refractivity contribution in [3.63, 3.8) is 0 Å². The standard InChI is InChI=1S/C13H19O4P/c1-4-5-10-17-13(14)11-8-6-7-9-12(11)18(3,15)16-2/h6-9H,4-5,10H2,1-3H3. The number of benzene rings is 1. The third kappa shape index (κ3) is 3.69. The van der Waals surface area contributed by atoms with Crippen molar-refractivity contribution in [3.05, 3.63) is 29.8 Å². The molecule has 0 aliphatic heterocycles. The van der Waals surface area contributed by atoms with E-state index in [0.29, 0.717) is 17.5 Å². The maximum absolute atomic E-state index is 12.2. The fourth-order valence-electron chi connectivity index (χ4n) is 1.49. The normalized spacial score (nSPS) is 13.9.